The minimum atomic E-state index is -1.07. The first-order valence-corrected chi connectivity index (χ1v) is 16.8. The van der Waals surface area contributed by atoms with Gasteiger partial charge in [-0.05, 0) is 49.9 Å². The summed E-state index contributed by atoms with van der Waals surface area (Å²) in [6, 6.07) is 5.92. The highest BCUT2D eigenvalue weighted by Gasteiger charge is 2.60. The van der Waals surface area contributed by atoms with Crippen LogP contribution < -0.4 is 15.5 Å². The van der Waals surface area contributed by atoms with Gasteiger partial charge in [-0.3, -0.25) is 14.4 Å². The molecule has 4 heterocycles. The molecule has 4 atom stereocenters. The van der Waals surface area contributed by atoms with E-state index in [1.165, 1.54) is 21.9 Å². The molecule has 6 aliphatic rings. The standard InChI is InChI=1S/C18H19F2NO5.C17H20F2N2O3/c19-12-5-13(20)7-14(6-12)21-2-1-17(16(21)24)8-11(15(22)23)9-18(10-17)25-3-4-26-18;18-11-5-12(19)7-14(6-11)21-2-1-16(15(21)22)8-13(20)9-17(10-16)23-3-4-24-17/h5-7,11H,1-4,8-10H2,(H,22,23);5-7,13H,1-4,8-10,20H2/t11-,17+;13-,16+/m00/s1. The Morgan fingerprint density at radius 3 is 1.48 bits per heavy atom. The molecule has 4 aliphatic heterocycles. The third kappa shape index (κ3) is 6.38. The number of carboxylic acid groups (broad SMARTS) is 1. The smallest absolute Gasteiger partial charge is 0.306 e. The first-order chi connectivity index (χ1) is 23.7. The van der Waals surface area contributed by atoms with Crippen LogP contribution >= 0.6 is 0 Å². The predicted octanol–water partition coefficient (Wildman–Crippen LogP) is 4.26. The van der Waals surface area contributed by atoms with Crippen LogP contribution in [0, 0.1) is 40.0 Å². The van der Waals surface area contributed by atoms with Crippen molar-refractivity contribution in [3.05, 3.63) is 59.7 Å². The maximum absolute atomic E-state index is 13.6. The van der Waals surface area contributed by atoms with E-state index in [0.29, 0.717) is 65.1 Å². The number of aliphatic carboxylic acids is 1. The molecule has 2 saturated carbocycles. The average molecular weight is 706 g/mol. The zero-order chi connectivity index (χ0) is 35.5. The summed E-state index contributed by atoms with van der Waals surface area (Å²) < 4.78 is 77.1. The number of carbonyl (C=O) groups excluding carboxylic acids is 2. The lowest BCUT2D eigenvalue weighted by molar-refractivity contribution is -0.215. The minimum absolute atomic E-state index is 0.143. The highest BCUT2D eigenvalue weighted by Crippen LogP contribution is 2.54. The normalized spacial score (nSPS) is 31.3. The number of rotatable bonds is 3. The van der Waals surface area contributed by atoms with Crippen LogP contribution in [0.1, 0.15) is 51.4 Å². The van der Waals surface area contributed by atoms with Gasteiger partial charge in [0.25, 0.3) is 0 Å². The van der Waals surface area contributed by atoms with E-state index in [2.05, 4.69) is 0 Å². The summed E-state index contributed by atoms with van der Waals surface area (Å²) in [5.74, 6) is -7.03. The van der Waals surface area contributed by atoms with Gasteiger partial charge >= 0.3 is 5.97 Å². The van der Waals surface area contributed by atoms with Crippen molar-refractivity contribution in [3.63, 3.8) is 0 Å². The lowest BCUT2D eigenvalue weighted by Gasteiger charge is -2.44. The van der Waals surface area contributed by atoms with E-state index >= 15 is 0 Å². The zero-order valence-corrected chi connectivity index (χ0v) is 27.3. The molecular weight excluding hydrogens is 666 g/mol. The van der Waals surface area contributed by atoms with Crippen LogP contribution in [0.3, 0.4) is 0 Å². The van der Waals surface area contributed by atoms with Gasteiger partial charge < -0.3 is 39.6 Å². The van der Waals surface area contributed by atoms with Crippen molar-refractivity contribution in [2.45, 2.75) is 69.0 Å². The maximum atomic E-state index is 13.6. The Balaban J connectivity index is 0.000000157. The number of carboxylic acids is 1. The molecule has 0 radical (unpaired) electrons. The van der Waals surface area contributed by atoms with Crippen LogP contribution in [0.25, 0.3) is 0 Å². The van der Waals surface area contributed by atoms with Gasteiger partial charge in [0.15, 0.2) is 11.6 Å². The summed E-state index contributed by atoms with van der Waals surface area (Å²) in [4.78, 5) is 40.7. The largest absolute Gasteiger partial charge is 0.481 e. The first-order valence-electron chi connectivity index (χ1n) is 16.8. The lowest BCUT2D eigenvalue weighted by atomic mass is 9.66. The number of anilines is 2. The molecule has 50 heavy (non-hydrogen) atoms. The van der Waals surface area contributed by atoms with E-state index in [4.69, 9.17) is 24.7 Å². The molecule has 15 heteroatoms. The molecule has 2 amide bonds. The van der Waals surface area contributed by atoms with Crippen LogP contribution in [0.2, 0.25) is 0 Å². The van der Waals surface area contributed by atoms with Crippen LogP contribution in [0.4, 0.5) is 28.9 Å². The van der Waals surface area contributed by atoms with Crippen molar-refractivity contribution in [3.8, 4) is 0 Å². The van der Waals surface area contributed by atoms with E-state index < -0.39 is 57.6 Å². The van der Waals surface area contributed by atoms with Crippen molar-refractivity contribution in [1.82, 2.24) is 0 Å². The van der Waals surface area contributed by atoms with Crippen molar-refractivity contribution in [1.29, 1.82) is 0 Å². The van der Waals surface area contributed by atoms with Crippen LogP contribution in [-0.4, -0.2) is 80.0 Å². The number of benzene rings is 2. The number of halogens is 4. The lowest BCUT2D eigenvalue weighted by Crippen LogP contribution is -2.53. The Hall–Kier alpha value is -3.63. The van der Waals surface area contributed by atoms with Gasteiger partial charge in [-0.15, -0.1) is 0 Å². The Bertz CT molecular complexity index is 1640. The SMILES string of the molecule is N[C@@H]1CC2(C[C@@]3(CCN(c4cc(F)cc(F)c4)C3=O)C1)OCCO2.O=C(O)[C@@H]1CC2(C[C@@]3(CCN(c4cc(F)cc(F)c4)C3=O)C1)OCCO2. The molecule has 2 aromatic rings. The van der Waals surface area contributed by atoms with E-state index in [1.807, 2.05) is 0 Å². The molecule has 11 nitrogen and oxygen atoms in total. The second kappa shape index (κ2) is 12.9. The third-order valence-electron chi connectivity index (χ3n) is 11.0. The van der Waals surface area contributed by atoms with E-state index in [-0.39, 0.29) is 55.0 Å². The van der Waals surface area contributed by atoms with Gasteiger partial charge in [0.1, 0.15) is 23.3 Å². The Morgan fingerprint density at radius 2 is 1.06 bits per heavy atom. The summed E-state index contributed by atoms with van der Waals surface area (Å²) in [6.45, 7) is 2.38. The molecule has 2 aromatic carbocycles. The number of nitrogens with two attached hydrogens (primary N) is 1. The van der Waals surface area contributed by atoms with Crippen molar-refractivity contribution in [2.24, 2.45) is 22.5 Å². The fourth-order valence-corrected chi connectivity index (χ4v) is 9.05. The number of nitrogens with zero attached hydrogens (tertiary/aromatic N) is 2. The molecule has 2 aliphatic carbocycles. The summed E-state index contributed by atoms with van der Waals surface area (Å²) >= 11 is 0. The second-order valence-electron chi connectivity index (χ2n) is 14.4. The summed E-state index contributed by atoms with van der Waals surface area (Å²) in [5.41, 5.74) is 4.92. The number of ether oxygens (including phenoxy) is 4. The summed E-state index contributed by atoms with van der Waals surface area (Å²) in [7, 11) is 0. The zero-order valence-electron chi connectivity index (χ0n) is 27.3. The van der Waals surface area contributed by atoms with E-state index in [1.54, 1.807) is 0 Å². The van der Waals surface area contributed by atoms with Crippen LogP contribution in [0.5, 0.6) is 0 Å². The van der Waals surface area contributed by atoms with Gasteiger partial charge in [0.05, 0.1) is 43.2 Å². The number of amides is 2. The number of hydrogen-bond acceptors (Lipinski definition) is 8. The van der Waals surface area contributed by atoms with Crippen molar-refractivity contribution in [2.75, 3.05) is 49.3 Å². The minimum Gasteiger partial charge on any atom is -0.481 e. The Kier molecular flexibility index (Phi) is 8.94. The maximum Gasteiger partial charge on any atom is 0.306 e. The highest BCUT2D eigenvalue weighted by atomic mass is 19.1. The first kappa shape index (κ1) is 34.8. The number of hydrogen-bond donors (Lipinski definition) is 2. The molecule has 3 N–H and O–H groups in total. The van der Waals surface area contributed by atoms with E-state index in [0.717, 1.165) is 24.3 Å². The fourth-order valence-electron chi connectivity index (χ4n) is 9.05. The highest BCUT2D eigenvalue weighted by molar-refractivity contribution is 6.01. The fraction of sp³-hybridized carbons (Fsp3) is 0.571. The molecule has 270 valence electrons. The number of carbonyl (C=O) groups is 3. The van der Waals surface area contributed by atoms with Crippen molar-refractivity contribution >= 4 is 29.2 Å². The topological polar surface area (TPSA) is 141 Å². The van der Waals surface area contributed by atoms with Gasteiger partial charge in [-0.25, -0.2) is 17.6 Å². The van der Waals surface area contributed by atoms with Gasteiger partial charge in [0, 0.05) is 68.3 Å². The molecule has 0 aromatic heterocycles. The van der Waals surface area contributed by atoms with Gasteiger partial charge in [-0.1, -0.05) is 0 Å². The second-order valence-corrected chi connectivity index (χ2v) is 14.4. The molecule has 8 rings (SSSR count). The molecule has 4 spiro atoms. The average Bonchev–Trinajstić information content (AvgIpc) is 3.81. The third-order valence-corrected chi connectivity index (χ3v) is 11.0. The van der Waals surface area contributed by atoms with Crippen LogP contribution in [0.15, 0.2) is 36.4 Å². The molecular formula is C35H39F4N3O8. The van der Waals surface area contributed by atoms with Gasteiger partial charge in [-0.2, -0.15) is 0 Å². The molecule has 6 fully saturated rings. The quantitative estimate of drug-likeness (QED) is 0.449. The van der Waals surface area contributed by atoms with E-state index in [9.17, 15) is 37.1 Å². The Morgan fingerprint density at radius 1 is 0.660 bits per heavy atom. The summed E-state index contributed by atoms with van der Waals surface area (Å²) in [6.07, 6.45) is 3.15. The predicted molar refractivity (Wildman–Crippen MR) is 168 cm³/mol. The molecule has 0 bridgehead atoms. The monoisotopic (exact) mass is 705 g/mol. The van der Waals surface area contributed by atoms with Crippen LogP contribution in [-0.2, 0) is 33.3 Å². The van der Waals surface area contributed by atoms with Gasteiger partial charge in [0.2, 0.25) is 11.8 Å². The Labute approximate surface area is 285 Å². The summed E-state index contributed by atoms with van der Waals surface area (Å²) in [5, 5.41) is 9.53. The molecule has 4 saturated heterocycles. The van der Waals surface area contributed by atoms with Crippen molar-refractivity contribution < 1.29 is 56.0 Å². The molecule has 0 unspecified atom stereocenters.